The molecule has 0 bridgehead atoms. The second-order valence-electron chi connectivity index (χ2n) is 18.8. The zero-order valence-electron chi connectivity index (χ0n) is 37.7. The fourth-order valence-electron chi connectivity index (χ4n) is 11.6. The Labute approximate surface area is 394 Å². The molecular formula is C65H44N2O. The highest BCUT2D eigenvalue weighted by Gasteiger charge is 2.38. The van der Waals surface area contributed by atoms with Gasteiger partial charge in [0, 0.05) is 44.1 Å². The largest absolute Gasteiger partial charge is 0.455 e. The minimum absolute atomic E-state index is 0.168. The third kappa shape index (κ3) is 5.60. The van der Waals surface area contributed by atoms with Crippen molar-refractivity contribution in [2.24, 2.45) is 0 Å². The van der Waals surface area contributed by atoms with Gasteiger partial charge in [0.15, 0.2) is 0 Å². The Morgan fingerprint density at radius 3 is 1.93 bits per heavy atom. The number of furan rings is 1. The van der Waals surface area contributed by atoms with Crippen LogP contribution >= 0.6 is 0 Å². The Hall–Kier alpha value is -8.66. The van der Waals surface area contributed by atoms with Gasteiger partial charge in [0.1, 0.15) is 11.2 Å². The molecular weight excluding hydrogens is 825 g/mol. The third-order valence-electron chi connectivity index (χ3n) is 14.8. The number of benzene rings is 11. The Kier molecular flexibility index (Phi) is 8.33. The Morgan fingerprint density at radius 2 is 1.07 bits per heavy atom. The van der Waals surface area contributed by atoms with Crippen LogP contribution in [0.25, 0.3) is 104 Å². The summed E-state index contributed by atoms with van der Waals surface area (Å²) in [5.74, 6) is 0. The van der Waals surface area contributed by atoms with Gasteiger partial charge in [0.25, 0.3) is 0 Å². The van der Waals surface area contributed by atoms with Crippen LogP contribution < -0.4 is 4.90 Å². The molecule has 2 heterocycles. The molecule has 0 aliphatic heterocycles. The zero-order chi connectivity index (χ0) is 45.1. The molecule has 0 radical (unpaired) electrons. The average molecular weight is 869 g/mol. The quantitative estimate of drug-likeness (QED) is 0.155. The molecule has 3 nitrogen and oxygen atoms in total. The molecule has 13 aromatic rings. The van der Waals surface area contributed by atoms with Gasteiger partial charge in [-0.05, 0) is 128 Å². The Balaban J connectivity index is 0.999. The van der Waals surface area contributed by atoms with Gasteiger partial charge in [-0.2, -0.15) is 0 Å². The van der Waals surface area contributed by atoms with Gasteiger partial charge in [-0.25, -0.2) is 0 Å². The summed E-state index contributed by atoms with van der Waals surface area (Å²) in [5.41, 5.74) is 18.2. The van der Waals surface area contributed by atoms with E-state index < -0.39 is 0 Å². The van der Waals surface area contributed by atoms with Crippen LogP contribution in [-0.4, -0.2) is 4.57 Å². The molecule has 2 aromatic heterocycles. The number of nitrogens with zero attached hydrogens (tertiary/aromatic N) is 2. The number of rotatable bonds is 6. The van der Waals surface area contributed by atoms with E-state index >= 15 is 0 Å². The van der Waals surface area contributed by atoms with E-state index in [4.69, 9.17) is 4.42 Å². The minimum atomic E-state index is -0.168. The second kappa shape index (κ2) is 14.7. The lowest BCUT2D eigenvalue weighted by Gasteiger charge is -2.30. The van der Waals surface area contributed by atoms with Gasteiger partial charge in [0.05, 0.1) is 27.8 Å². The Morgan fingerprint density at radius 1 is 0.412 bits per heavy atom. The molecule has 0 fully saturated rings. The molecule has 320 valence electrons. The first-order valence-electron chi connectivity index (χ1n) is 23.6. The first kappa shape index (κ1) is 38.6. The van der Waals surface area contributed by atoms with Crippen molar-refractivity contribution in [3.63, 3.8) is 0 Å². The zero-order valence-corrected chi connectivity index (χ0v) is 37.7. The van der Waals surface area contributed by atoms with Crippen molar-refractivity contribution in [3.8, 4) is 39.1 Å². The smallest absolute Gasteiger partial charge is 0.145 e. The second-order valence-corrected chi connectivity index (χ2v) is 18.8. The van der Waals surface area contributed by atoms with Gasteiger partial charge >= 0.3 is 0 Å². The number of fused-ring (bicyclic) bond motifs is 12. The van der Waals surface area contributed by atoms with E-state index in [1.807, 2.05) is 0 Å². The number of anilines is 3. The molecule has 0 N–H and O–H groups in total. The lowest BCUT2D eigenvalue weighted by atomic mass is 9.82. The highest BCUT2D eigenvalue weighted by atomic mass is 16.3. The minimum Gasteiger partial charge on any atom is -0.455 e. The van der Waals surface area contributed by atoms with Crippen LogP contribution in [-0.2, 0) is 5.41 Å². The van der Waals surface area contributed by atoms with E-state index in [0.29, 0.717) is 0 Å². The van der Waals surface area contributed by atoms with Crippen LogP contribution in [0.4, 0.5) is 17.1 Å². The molecule has 0 unspecified atom stereocenters. The standard InChI is InChI=1S/C65H44N2O/c1-65(2)55-26-13-10-24-51(55)62-56(65)27-16-29-59(62)67(45-34-31-41(32-35-45)42-33-37-58-54(39-42)49-23-11-14-28-57(49)66(58)44-18-4-3-5-19-44)60-38-36-50(64-63(60)52-25-12-15-30-61(52)68-64)53-40-43-17-6-7-20-46(43)47-21-8-9-22-48(47)53/h3-40H,1-2H3. The predicted molar refractivity (Wildman–Crippen MR) is 286 cm³/mol. The molecule has 14 rings (SSSR count). The van der Waals surface area contributed by atoms with Crippen LogP contribution in [0, 0.1) is 0 Å². The van der Waals surface area contributed by atoms with Crippen molar-refractivity contribution >= 4 is 82.4 Å². The number of para-hydroxylation sites is 3. The van der Waals surface area contributed by atoms with Gasteiger partial charge in [-0.1, -0.05) is 172 Å². The predicted octanol–water partition coefficient (Wildman–Crippen LogP) is 18.1. The summed E-state index contributed by atoms with van der Waals surface area (Å²) in [7, 11) is 0. The lowest BCUT2D eigenvalue weighted by molar-refractivity contribution is 0.660. The average Bonchev–Trinajstić information content (AvgIpc) is 4.03. The van der Waals surface area contributed by atoms with Crippen LogP contribution in [0.1, 0.15) is 25.0 Å². The molecule has 0 saturated heterocycles. The number of hydrogen-bond donors (Lipinski definition) is 0. The van der Waals surface area contributed by atoms with Crippen molar-refractivity contribution in [2.75, 3.05) is 4.90 Å². The topological polar surface area (TPSA) is 21.3 Å². The maximum atomic E-state index is 7.09. The molecule has 1 aliphatic rings. The number of aromatic nitrogens is 1. The highest BCUT2D eigenvalue weighted by Crippen LogP contribution is 2.56. The van der Waals surface area contributed by atoms with Crippen LogP contribution in [0.15, 0.2) is 235 Å². The molecule has 0 saturated carbocycles. The highest BCUT2D eigenvalue weighted by molar-refractivity contribution is 6.21. The molecule has 68 heavy (non-hydrogen) atoms. The van der Waals surface area contributed by atoms with Crippen molar-refractivity contribution in [1.82, 2.24) is 4.57 Å². The summed E-state index contributed by atoms with van der Waals surface area (Å²) in [4.78, 5) is 2.49. The van der Waals surface area contributed by atoms with Gasteiger partial charge in [-0.3, -0.25) is 0 Å². The fourth-order valence-corrected chi connectivity index (χ4v) is 11.6. The molecule has 0 spiro atoms. The van der Waals surface area contributed by atoms with Crippen LogP contribution in [0.3, 0.4) is 0 Å². The summed E-state index contributed by atoms with van der Waals surface area (Å²) in [6.07, 6.45) is 0. The van der Waals surface area contributed by atoms with Crippen molar-refractivity contribution in [3.05, 3.63) is 242 Å². The maximum Gasteiger partial charge on any atom is 0.145 e. The van der Waals surface area contributed by atoms with E-state index in [9.17, 15) is 0 Å². The van der Waals surface area contributed by atoms with Gasteiger partial charge in [-0.15, -0.1) is 0 Å². The van der Waals surface area contributed by atoms with Gasteiger partial charge in [0.2, 0.25) is 0 Å². The molecule has 0 amide bonds. The molecule has 0 atom stereocenters. The van der Waals surface area contributed by atoms with E-state index in [1.165, 1.54) is 71.2 Å². The molecule has 1 aliphatic carbocycles. The molecule has 11 aromatic carbocycles. The van der Waals surface area contributed by atoms with Crippen LogP contribution in [0.2, 0.25) is 0 Å². The van der Waals surface area contributed by atoms with Gasteiger partial charge < -0.3 is 13.9 Å². The summed E-state index contributed by atoms with van der Waals surface area (Å²) >= 11 is 0. The van der Waals surface area contributed by atoms with E-state index in [-0.39, 0.29) is 5.41 Å². The van der Waals surface area contributed by atoms with Crippen molar-refractivity contribution < 1.29 is 4.42 Å². The first-order chi connectivity index (χ1) is 33.5. The summed E-state index contributed by atoms with van der Waals surface area (Å²) in [5, 5.41) is 9.55. The normalized spacial score (nSPS) is 13.0. The van der Waals surface area contributed by atoms with Crippen molar-refractivity contribution in [1.29, 1.82) is 0 Å². The monoisotopic (exact) mass is 868 g/mol. The van der Waals surface area contributed by atoms with E-state index in [0.717, 1.165) is 61.4 Å². The van der Waals surface area contributed by atoms with Crippen LogP contribution in [0.5, 0.6) is 0 Å². The SMILES string of the molecule is CC1(C)c2ccccc2-c2c(N(c3ccc(-c4ccc5c(c4)c4ccccc4n5-c4ccccc4)cc3)c3ccc(-c4cc5ccccc5c5ccccc45)c4oc5ccccc5c34)cccc21. The maximum absolute atomic E-state index is 7.09. The van der Waals surface area contributed by atoms with Crippen molar-refractivity contribution in [2.45, 2.75) is 19.3 Å². The summed E-state index contributed by atoms with van der Waals surface area (Å²) < 4.78 is 9.46. The summed E-state index contributed by atoms with van der Waals surface area (Å²) in [6.45, 7) is 4.72. The Bertz CT molecular complexity index is 4170. The lowest BCUT2D eigenvalue weighted by Crippen LogP contribution is -2.16. The summed E-state index contributed by atoms with van der Waals surface area (Å²) in [6, 6.07) is 84.3. The number of hydrogen-bond acceptors (Lipinski definition) is 2. The first-order valence-corrected chi connectivity index (χ1v) is 23.6. The fraction of sp³-hybridized carbons (Fsp3) is 0.0462. The molecule has 3 heteroatoms. The third-order valence-corrected chi connectivity index (χ3v) is 14.8. The van der Waals surface area contributed by atoms with E-state index in [1.54, 1.807) is 0 Å². The van der Waals surface area contributed by atoms with E-state index in [2.05, 4.69) is 254 Å².